The first-order valence-corrected chi connectivity index (χ1v) is 10.5. The second kappa shape index (κ2) is 7.16. The summed E-state index contributed by atoms with van der Waals surface area (Å²) in [5.41, 5.74) is 6.37. The van der Waals surface area contributed by atoms with Crippen molar-refractivity contribution >= 4 is 5.91 Å². The molecule has 1 saturated heterocycles. The molecule has 0 saturated carbocycles. The fraction of sp³-hybridized carbons (Fsp3) is 0.458. The molecule has 3 aliphatic rings. The lowest BCUT2D eigenvalue weighted by molar-refractivity contribution is -0.131. The number of amides is 1. The van der Waals surface area contributed by atoms with E-state index in [4.69, 9.17) is 9.47 Å². The predicted octanol–water partition coefficient (Wildman–Crippen LogP) is 3.81. The normalized spacial score (nSPS) is 18.4. The second-order valence-corrected chi connectivity index (χ2v) is 8.21. The number of carbonyl (C=O) groups is 1. The number of ether oxygens (including phenoxy) is 2. The van der Waals surface area contributed by atoms with Gasteiger partial charge in [-0.1, -0.05) is 24.3 Å². The van der Waals surface area contributed by atoms with Gasteiger partial charge in [-0.25, -0.2) is 0 Å². The number of rotatable bonds is 3. The lowest BCUT2D eigenvalue weighted by atomic mass is 9.83. The molecule has 0 bridgehead atoms. The minimum atomic E-state index is 0.246. The summed E-state index contributed by atoms with van der Waals surface area (Å²) in [6.45, 7) is 5.29. The number of carbonyl (C=O) groups excluding carboxylic acids is 1. The third-order valence-electron chi connectivity index (χ3n) is 6.55. The second-order valence-electron chi connectivity index (χ2n) is 8.21. The van der Waals surface area contributed by atoms with Crippen LogP contribution in [0.25, 0.3) is 0 Å². The first-order chi connectivity index (χ1) is 13.7. The van der Waals surface area contributed by atoms with Crippen LogP contribution in [-0.2, 0) is 24.1 Å². The molecule has 146 valence electrons. The van der Waals surface area contributed by atoms with Gasteiger partial charge in [-0.2, -0.15) is 0 Å². The van der Waals surface area contributed by atoms with Crippen LogP contribution >= 0.6 is 0 Å². The van der Waals surface area contributed by atoms with Crippen LogP contribution in [0.15, 0.2) is 30.3 Å². The standard InChI is InChI=1S/C24H27NO3/c1-16-4-2-3-5-18(16)15-22(26)25-10-6-17(7-11-25)23-20-9-13-27-21(20)14-19-8-12-28-24(19)23/h2-5,14,17H,6-13,15H2,1H3. The molecule has 1 fully saturated rings. The average molecular weight is 377 g/mol. The molecule has 0 N–H and O–H groups in total. The molecule has 0 unspecified atom stereocenters. The molecule has 0 aliphatic carbocycles. The number of aryl methyl sites for hydroxylation is 1. The van der Waals surface area contributed by atoms with Crippen molar-refractivity contribution in [2.75, 3.05) is 26.3 Å². The topological polar surface area (TPSA) is 38.8 Å². The Kier molecular flexibility index (Phi) is 4.50. The van der Waals surface area contributed by atoms with Gasteiger partial charge in [0, 0.05) is 42.6 Å². The van der Waals surface area contributed by atoms with E-state index in [-0.39, 0.29) is 5.91 Å². The van der Waals surface area contributed by atoms with Crippen molar-refractivity contribution in [2.45, 2.75) is 44.9 Å². The van der Waals surface area contributed by atoms with Crippen molar-refractivity contribution in [3.8, 4) is 11.5 Å². The Bertz CT molecular complexity index is 880. The highest BCUT2D eigenvalue weighted by Gasteiger charge is 2.33. The molecule has 0 spiro atoms. The highest BCUT2D eigenvalue weighted by atomic mass is 16.5. The number of hydrogen-bond donors (Lipinski definition) is 0. The number of fused-ring (bicyclic) bond motifs is 2. The molecule has 0 aromatic heterocycles. The highest BCUT2D eigenvalue weighted by molar-refractivity contribution is 5.79. The molecule has 1 amide bonds. The van der Waals surface area contributed by atoms with E-state index in [0.29, 0.717) is 12.3 Å². The summed E-state index contributed by atoms with van der Waals surface area (Å²) < 4.78 is 11.9. The minimum absolute atomic E-state index is 0.246. The molecule has 0 atom stereocenters. The first-order valence-electron chi connectivity index (χ1n) is 10.5. The van der Waals surface area contributed by atoms with Crippen LogP contribution in [0, 0.1) is 6.92 Å². The summed E-state index contributed by atoms with van der Waals surface area (Å²) >= 11 is 0. The van der Waals surface area contributed by atoms with E-state index in [1.807, 2.05) is 17.0 Å². The number of nitrogens with zero attached hydrogens (tertiary/aromatic N) is 1. The Morgan fingerprint density at radius 2 is 1.89 bits per heavy atom. The molecule has 3 heterocycles. The Morgan fingerprint density at radius 3 is 2.71 bits per heavy atom. The lowest BCUT2D eigenvalue weighted by Gasteiger charge is -2.33. The molecule has 2 aromatic rings. The molecule has 5 rings (SSSR count). The zero-order valence-electron chi connectivity index (χ0n) is 16.5. The lowest BCUT2D eigenvalue weighted by Crippen LogP contribution is -2.39. The van der Waals surface area contributed by atoms with Crippen molar-refractivity contribution in [3.05, 3.63) is 58.1 Å². The van der Waals surface area contributed by atoms with Gasteiger partial charge in [0.05, 0.1) is 19.6 Å². The summed E-state index contributed by atoms with van der Waals surface area (Å²) in [6, 6.07) is 10.4. The van der Waals surface area contributed by atoms with Gasteiger partial charge < -0.3 is 14.4 Å². The number of hydrogen-bond acceptors (Lipinski definition) is 3. The van der Waals surface area contributed by atoms with E-state index in [1.54, 1.807) is 0 Å². The summed E-state index contributed by atoms with van der Waals surface area (Å²) in [7, 11) is 0. The van der Waals surface area contributed by atoms with E-state index >= 15 is 0 Å². The van der Waals surface area contributed by atoms with Crippen molar-refractivity contribution in [1.29, 1.82) is 0 Å². The third-order valence-corrected chi connectivity index (χ3v) is 6.55. The third kappa shape index (κ3) is 3.05. The van der Waals surface area contributed by atoms with Gasteiger partial charge in [0.25, 0.3) is 0 Å². The molecule has 28 heavy (non-hydrogen) atoms. The van der Waals surface area contributed by atoms with Gasteiger partial charge in [0.2, 0.25) is 5.91 Å². The number of benzene rings is 2. The van der Waals surface area contributed by atoms with Crippen molar-refractivity contribution < 1.29 is 14.3 Å². The summed E-state index contributed by atoms with van der Waals surface area (Å²) in [5, 5.41) is 0. The highest BCUT2D eigenvalue weighted by Crippen LogP contribution is 2.46. The summed E-state index contributed by atoms with van der Waals surface area (Å²) in [5.74, 6) is 2.90. The van der Waals surface area contributed by atoms with Crippen molar-refractivity contribution in [2.24, 2.45) is 0 Å². The molecule has 4 heteroatoms. The maximum atomic E-state index is 12.8. The fourth-order valence-electron chi connectivity index (χ4n) is 4.96. The Morgan fingerprint density at radius 1 is 1.11 bits per heavy atom. The smallest absolute Gasteiger partial charge is 0.226 e. The SMILES string of the molecule is Cc1ccccc1CC(=O)N1CCC(c2c3c(cc4c2OCC4)OCC3)CC1. The number of piperidine rings is 1. The minimum Gasteiger partial charge on any atom is -0.493 e. The van der Waals surface area contributed by atoms with Gasteiger partial charge in [-0.05, 0) is 42.9 Å². The van der Waals surface area contributed by atoms with Crippen LogP contribution in [0.3, 0.4) is 0 Å². The van der Waals surface area contributed by atoms with Crippen molar-refractivity contribution in [3.63, 3.8) is 0 Å². The maximum absolute atomic E-state index is 12.8. The first kappa shape index (κ1) is 17.6. The maximum Gasteiger partial charge on any atom is 0.226 e. The van der Waals surface area contributed by atoms with Gasteiger partial charge >= 0.3 is 0 Å². The molecule has 4 nitrogen and oxygen atoms in total. The van der Waals surface area contributed by atoms with Crippen molar-refractivity contribution in [1.82, 2.24) is 4.90 Å². The van der Waals surface area contributed by atoms with Gasteiger partial charge in [-0.15, -0.1) is 0 Å². The van der Waals surface area contributed by atoms with Crippen LogP contribution in [0.2, 0.25) is 0 Å². The summed E-state index contributed by atoms with van der Waals surface area (Å²) in [4.78, 5) is 14.9. The Hall–Kier alpha value is -2.49. The molecule has 2 aromatic carbocycles. The average Bonchev–Trinajstić information content (AvgIpc) is 3.37. The Balaban J connectivity index is 1.31. The van der Waals surface area contributed by atoms with Gasteiger partial charge in [0.15, 0.2) is 0 Å². The van der Waals surface area contributed by atoms with E-state index in [9.17, 15) is 4.79 Å². The molecular weight excluding hydrogens is 350 g/mol. The quantitative estimate of drug-likeness (QED) is 0.816. The van der Waals surface area contributed by atoms with E-state index in [0.717, 1.165) is 69.0 Å². The zero-order valence-corrected chi connectivity index (χ0v) is 16.5. The Labute approximate surface area is 166 Å². The van der Waals surface area contributed by atoms with E-state index in [1.165, 1.54) is 22.3 Å². The van der Waals surface area contributed by atoms with Crippen LogP contribution in [0.1, 0.15) is 46.6 Å². The molecule has 0 radical (unpaired) electrons. The summed E-state index contributed by atoms with van der Waals surface area (Å²) in [6.07, 6.45) is 4.47. The monoisotopic (exact) mass is 377 g/mol. The molecular formula is C24H27NO3. The largest absolute Gasteiger partial charge is 0.493 e. The van der Waals surface area contributed by atoms with E-state index < -0.39 is 0 Å². The molecule has 3 aliphatic heterocycles. The fourth-order valence-corrected chi connectivity index (χ4v) is 4.96. The van der Waals surface area contributed by atoms with E-state index in [2.05, 4.69) is 25.1 Å². The van der Waals surface area contributed by atoms with Gasteiger partial charge in [-0.3, -0.25) is 4.79 Å². The number of likely N-dealkylation sites (tertiary alicyclic amines) is 1. The predicted molar refractivity (Wildman–Crippen MR) is 108 cm³/mol. The van der Waals surface area contributed by atoms with Gasteiger partial charge in [0.1, 0.15) is 11.5 Å². The van der Waals surface area contributed by atoms with Crippen LogP contribution in [-0.4, -0.2) is 37.1 Å². The van der Waals surface area contributed by atoms with Crippen LogP contribution in [0.4, 0.5) is 0 Å². The van der Waals surface area contributed by atoms with Crippen LogP contribution in [0.5, 0.6) is 11.5 Å². The zero-order chi connectivity index (χ0) is 19.1. The van der Waals surface area contributed by atoms with Crippen LogP contribution < -0.4 is 9.47 Å².